The van der Waals surface area contributed by atoms with Crippen LogP contribution in [-0.2, 0) is 10.8 Å². The van der Waals surface area contributed by atoms with E-state index in [1.165, 1.54) is 11.1 Å². The molecule has 0 atom stereocenters. The van der Waals surface area contributed by atoms with Gasteiger partial charge in [0.05, 0.1) is 6.61 Å². The number of nitrogens with one attached hydrogen (secondary N) is 1. The van der Waals surface area contributed by atoms with E-state index in [1.807, 2.05) is 31.2 Å². The monoisotopic (exact) mass is 369 g/mol. The third-order valence-electron chi connectivity index (χ3n) is 4.51. The largest absolute Gasteiger partial charge is 0.494 e. The Morgan fingerprint density at radius 1 is 0.815 bits per heavy atom. The minimum atomic E-state index is 0.0408. The maximum absolute atomic E-state index is 6.13. The molecule has 0 bridgehead atoms. The Hall–Kier alpha value is -2.16. The van der Waals surface area contributed by atoms with Gasteiger partial charge in [-0.2, -0.15) is 0 Å². The van der Waals surface area contributed by atoms with Crippen LogP contribution in [-0.4, -0.2) is 19.8 Å². The van der Waals surface area contributed by atoms with Crippen LogP contribution in [0.4, 0.5) is 5.69 Å². The highest BCUT2D eigenvalue weighted by molar-refractivity contribution is 5.46. The summed E-state index contributed by atoms with van der Waals surface area (Å²) in [5.41, 5.74) is 3.84. The zero-order valence-corrected chi connectivity index (χ0v) is 18.0. The Morgan fingerprint density at radius 3 is 2.04 bits per heavy atom. The SMILES string of the molecule is CCOc1ccc(NCCOc2ccc(C(C)(C)C)cc2C(C)(C)C)cc1. The fourth-order valence-corrected chi connectivity index (χ4v) is 2.90. The summed E-state index contributed by atoms with van der Waals surface area (Å²) in [5.74, 6) is 1.87. The van der Waals surface area contributed by atoms with Crippen LogP contribution in [0.15, 0.2) is 42.5 Å². The van der Waals surface area contributed by atoms with Gasteiger partial charge in [0, 0.05) is 12.2 Å². The summed E-state index contributed by atoms with van der Waals surface area (Å²) in [4.78, 5) is 0. The van der Waals surface area contributed by atoms with Crippen LogP contribution in [0.5, 0.6) is 11.5 Å². The van der Waals surface area contributed by atoms with E-state index >= 15 is 0 Å². The van der Waals surface area contributed by atoms with Gasteiger partial charge in [-0.15, -0.1) is 0 Å². The predicted octanol–water partition coefficient (Wildman–Crippen LogP) is 6.17. The molecule has 2 rings (SSSR count). The van der Waals surface area contributed by atoms with Gasteiger partial charge >= 0.3 is 0 Å². The lowest BCUT2D eigenvalue weighted by Crippen LogP contribution is -2.19. The molecule has 0 radical (unpaired) electrons. The van der Waals surface area contributed by atoms with Gasteiger partial charge in [-0.05, 0) is 59.2 Å². The molecule has 0 saturated carbocycles. The summed E-state index contributed by atoms with van der Waals surface area (Å²) in [6.45, 7) is 17.5. The number of benzene rings is 2. The van der Waals surface area contributed by atoms with Crippen LogP contribution < -0.4 is 14.8 Å². The smallest absolute Gasteiger partial charge is 0.123 e. The molecular weight excluding hydrogens is 334 g/mol. The van der Waals surface area contributed by atoms with Crippen LogP contribution in [0.2, 0.25) is 0 Å². The molecule has 0 aromatic heterocycles. The Kier molecular flexibility index (Phi) is 6.80. The first-order valence-corrected chi connectivity index (χ1v) is 9.86. The van der Waals surface area contributed by atoms with Crippen LogP contribution >= 0.6 is 0 Å². The molecule has 0 spiro atoms. The van der Waals surface area contributed by atoms with Crippen LogP contribution in [0.25, 0.3) is 0 Å². The first kappa shape index (κ1) is 21.1. The molecule has 3 heteroatoms. The normalized spacial score (nSPS) is 12.0. The molecule has 148 valence electrons. The molecule has 0 aliphatic heterocycles. The van der Waals surface area contributed by atoms with Gasteiger partial charge in [-0.25, -0.2) is 0 Å². The van der Waals surface area contributed by atoms with Gasteiger partial charge in [0.1, 0.15) is 18.1 Å². The zero-order chi connectivity index (χ0) is 20.1. The van der Waals surface area contributed by atoms with Gasteiger partial charge in [-0.3, -0.25) is 0 Å². The van der Waals surface area contributed by atoms with Crippen LogP contribution in [0.1, 0.15) is 59.6 Å². The maximum atomic E-state index is 6.13. The molecule has 1 N–H and O–H groups in total. The maximum Gasteiger partial charge on any atom is 0.123 e. The lowest BCUT2D eigenvalue weighted by Gasteiger charge is -2.27. The second kappa shape index (κ2) is 8.69. The zero-order valence-electron chi connectivity index (χ0n) is 18.0. The van der Waals surface area contributed by atoms with Crippen molar-refractivity contribution in [1.82, 2.24) is 0 Å². The lowest BCUT2D eigenvalue weighted by atomic mass is 9.80. The highest BCUT2D eigenvalue weighted by Gasteiger charge is 2.23. The number of hydrogen-bond donors (Lipinski definition) is 1. The highest BCUT2D eigenvalue weighted by Crippen LogP contribution is 2.35. The van der Waals surface area contributed by atoms with Crippen molar-refractivity contribution >= 4 is 5.69 Å². The van der Waals surface area contributed by atoms with Crippen LogP contribution in [0, 0.1) is 0 Å². The third kappa shape index (κ3) is 6.20. The molecule has 27 heavy (non-hydrogen) atoms. The Balaban J connectivity index is 1.98. The second-order valence-corrected chi connectivity index (χ2v) is 8.94. The van der Waals surface area contributed by atoms with Gasteiger partial charge in [0.15, 0.2) is 0 Å². The van der Waals surface area contributed by atoms with E-state index in [1.54, 1.807) is 0 Å². The molecular formula is C24H35NO2. The van der Waals surface area contributed by atoms with Crippen molar-refractivity contribution < 1.29 is 9.47 Å². The number of hydrogen-bond acceptors (Lipinski definition) is 3. The third-order valence-corrected chi connectivity index (χ3v) is 4.51. The average molecular weight is 370 g/mol. The first-order valence-electron chi connectivity index (χ1n) is 9.86. The average Bonchev–Trinajstić information content (AvgIpc) is 2.58. The van der Waals surface area contributed by atoms with Crippen molar-refractivity contribution in [3.63, 3.8) is 0 Å². The van der Waals surface area contributed by atoms with E-state index in [0.717, 1.165) is 23.7 Å². The lowest BCUT2D eigenvalue weighted by molar-refractivity contribution is 0.322. The summed E-state index contributed by atoms with van der Waals surface area (Å²) in [6.07, 6.45) is 0. The first-order chi connectivity index (χ1) is 12.6. The Bertz CT molecular complexity index is 722. The minimum Gasteiger partial charge on any atom is -0.494 e. The number of rotatable bonds is 7. The minimum absolute atomic E-state index is 0.0408. The van der Waals surface area contributed by atoms with E-state index < -0.39 is 0 Å². The molecule has 2 aromatic carbocycles. The van der Waals surface area contributed by atoms with E-state index in [0.29, 0.717) is 13.2 Å². The molecule has 0 heterocycles. The van der Waals surface area contributed by atoms with Gasteiger partial charge in [0.25, 0.3) is 0 Å². The predicted molar refractivity (Wildman–Crippen MR) is 115 cm³/mol. The quantitative estimate of drug-likeness (QED) is 0.592. The molecule has 0 unspecified atom stereocenters. The Labute approximate surface area is 165 Å². The van der Waals surface area contributed by atoms with Gasteiger partial charge < -0.3 is 14.8 Å². The van der Waals surface area contributed by atoms with E-state index in [4.69, 9.17) is 9.47 Å². The van der Waals surface area contributed by atoms with Gasteiger partial charge in [-0.1, -0.05) is 53.7 Å². The summed E-state index contributed by atoms with van der Waals surface area (Å²) in [5, 5.41) is 3.40. The van der Waals surface area contributed by atoms with Gasteiger partial charge in [0.2, 0.25) is 0 Å². The second-order valence-electron chi connectivity index (χ2n) is 8.94. The molecule has 0 fully saturated rings. The van der Waals surface area contributed by atoms with Crippen molar-refractivity contribution in [3.8, 4) is 11.5 Å². The number of anilines is 1. The van der Waals surface area contributed by atoms with Crippen molar-refractivity contribution in [2.24, 2.45) is 0 Å². The van der Waals surface area contributed by atoms with E-state index in [9.17, 15) is 0 Å². The van der Waals surface area contributed by atoms with E-state index in [2.05, 4.69) is 65.1 Å². The molecule has 0 saturated heterocycles. The van der Waals surface area contributed by atoms with Crippen molar-refractivity contribution in [3.05, 3.63) is 53.6 Å². The molecule has 0 amide bonds. The standard InChI is InChI=1S/C24H35NO2/c1-8-26-20-12-10-19(11-13-20)25-15-16-27-22-14-9-18(23(2,3)4)17-21(22)24(5,6)7/h9-14,17,25H,8,15-16H2,1-7H3. The van der Waals surface area contributed by atoms with Crippen molar-refractivity contribution in [1.29, 1.82) is 0 Å². The summed E-state index contributed by atoms with van der Waals surface area (Å²) < 4.78 is 11.6. The molecule has 2 aromatic rings. The fraction of sp³-hybridized carbons (Fsp3) is 0.500. The van der Waals surface area contributed by atoms with Crippen molar-refractivity contribution in [2.45, 2.75) is 59.3 Å². The molecule has 0 aliphatic carbocycles. The molecule has 3 nitrogen and oxygen atoms in total. The van der Waals surface area contributed by atoms with Crippen LogP contribution in [0.3, 0.4) is 0 Å². The van der Waals surface area contributed by atoms with Crippen molar-refractivity contribution in [2.75, 3.05) is 25.1 Å². The summed E-state index contributed by atoms with van der Waals surface area (Å²) in [7, 11) is 0. The highest BCUT2D eigenvalue weighted by atomic mass is 16.5. The van der Waals surface area contributed by atoms with E-state index in [-0.39, 0.29) is 10.8 Å². The Morgan fingerprint density at radius 2 is 1.48 bits per heavy atom. The number of ether oxygens (including phenoxy) is 2. The summed E-state index contributed by atoms with van der Waals surface area (Å²) >= 11 is 0. The topological polar surface area (TPSA) is 30.5 Å². The fourth-order valence-electron chi connectivity index (χ4n) is 2.90. The molecule has 0 aliphatic rings. The summed E-state index contributed by atoms with van der Waals surface area (Å²) in [6, 6.07) is 14.6.